The van der Waals surface area contributed by atoms with Crippen molar-refractivity contribution in [2.45, 2.75) is 19.3 Å². The van der Waals surface area contributed by atoms with Crippen LogP contribution < -0.4 is 19.5 Å². The first kappa shape index (κ1) is 28.6. The quantitative estimate of drug-likeness (QED) is 0.249. The molecule has 1 heterocycles. The summed E-state index contributed by atoms with van der Waals surface area (Å²) >= 11 is 1.29. The van der Waals surface area contributed by atoms with Crippen LogP contribution in [0.3, 0.4) is 0 Å². The number of aromatic nitrogens is 2. The van der Waals surface area contributed by atoms with Crippen LogP contribution in [-0.4, -0.2) is 61.3 Å². The van der Waals surface area contributed by atoms with Crippen molar-refractivity contribution in [1.82, 2.24) is 15.1 Å². The lowest BCUT2D eigenvalue weighted by Crippen LogP contribution is -2.36. The number of amides is 2. The minimum absolute atomic E-state index is 0.0443. The third kappa shape index (κ3) is 7.79. The Kier molecular flexibility index (Phi) is 10.1. The lowest BCUT2D eigenvalue weighted by atomic mass is 10.1. The van der Waals surface area contributed by atoms with Gasteiger partial charge in [-0.3, -0.25) is 9.59 Å². The number of nitrogens with zero attached hydrogens (tertiary/aromatic N) is 3. The Morgan fingerprint density at radius 1 is 0.825 bits per heavy atom. The fourth-order valence-electron chi connectivity index (χ4n) is 4.09. The first-order valence-electron chi connectivity index (χ1n) is 12.8. The lowest BCUT2D eigenvalue weighted by Gasteiger charge is -2.23. The lowest BCUT2D eigenvalue weighted by molar-refractivity contribution is -0.130. The van der Waals surface area contributed by atoms with E-state index in [-0.39, 0.29) is 31.2 Å². The number of anilines is 1. The smallest absolute Gasteiger partial charge is 0.227 e. The second-order valence-corrected chi connectivity index (χ2v) is 9.90. The second kappa shape index (κ2) is 14.1. The van der Waals surface area contributed by atoms with E-state index in [0.29, 0.717) is 34.6 Å². The fraction of sp³-hybridized carbons (Fsp3) is 0.267. The number of benzene rings is 3. The highest BCUT2D eigenvalue weighted by molar-refractivity contribution is 7.18. The molecule has 4 aromatic rings. The van der Waals surface area contributed by atoms with E-state index in [2.05, 4.69) is 15.5 Å². The Labute approximate surface area is 237 Å². The molecule has 1 N–H and O–H groups in total. The van der Waals surface area contributed by atoms with E-state index >= 15 is 0 Å². The summed E-state index contributed by atoms with van der Waals surface area (Å²) in [5, 5.41) is 12.2. The summed E-state index contributed by atoms with van der Waals surface area (Å²) in [6.45, 7) is 0.726. The highest BCUT2D eigenvalue weighted by atomic mass is 32.1. The first-order valence-corrected chi connectivity index (χ1v) is 13.6. The minimum atomic E-state index is -0.235. The van der Waals surface area contributed by atoms with Gasteiger partial charge >= 0.3 is 0 Å². The van der Waals surface area contributed by atoms with Crippen molar-refractivity contribution >= 4 is 28.3 Å². The molecule has 0 radical (unpaired) electrons. The molecule has 2 amide bonds. The van der Waals surface area contributed by atoms with Crippen LogP contribution in [0.1, 0.15) is 17.5 Å². The summed E-state index contributed by atoms with van der Waals surface area (Å²) in [7, 11) is 4.79. The number of carbonyl (C=O) groups is 2. The van der Waals surface area contributed by atoms with Gasteiger partial charge in [0.05, 0.1) is 27.8 Å². The zero-order valence-corrected chi connectivity index (χ0v) is 23.6. The zero-order valence-electron chi connectivity index (χ0n) is 22.8. The molecule has 0 fully saturated rings. The minimum Gasteiger partial charge on any atom is -0.497 e. The Hall–Kier alpha value is -4.44. The molecule has 0 unspecified atom stereocenters. The highest BCUT2D eigenvalue weighted by Crippen LogP contribution is 2.29. The van der Waals surface area contributed by atoms with Gasteiger partial charge in [0, 0.05) is 25.1 Å². The van der Waals surface area contributed by atoms with Gasteiger partial charge in [0.2, 0.25) is 16.9 Å². The van der Waals surface area contributed by atoms with Crippen molar-refractivity contribution in [1.29, 1.82) is 0 Å². The first-order chi connectivity index (χ1) is 19.5. The van der Waals surface area contributed by atoms with Crippen molar-refractivity contribution < 1.29 is 23.8 Å². The third-order valence-corrected chi connectivity index (χ3v) is 7.17. The number of hydrogen-bond donors (Lipinski definition) is 1. The van der Waals surface area contributed by atoms with Crippen molar-refractivity contribution in [2.24, 2.45) is 0 Å². The molecule has 40 heavy (non-hydrogen) atoms. The van der Waals surface area contributed by atoms with Gasteiger partial charge in [-0.1, -0.05) is 47.7 Å². The van der Waals surface area contributed by atoms with Crippen LogP contribution in [-0.2, 0) is 22.4 Å². The fourth-order valence-corrected chi connectivity index (χ4v) is 4.85. The summed E-state index contributed by atoms with van der Waals surface area (Å²) in [6, 6.07) is 22.7. The van der Waals surface area contributed by atoms with Crippen molar-refractivity contribution in [3.8, 4) is 27.8 Å². The van der Waals surface area contributed by atoms with E-state index in [0.717, 1.165) is 22.4 Å². The molecular formula is C30H32N4O5S. The summed E-state index contributed by atoms with van der Waals surface area (Å²) in [5.74, 6) is 1.75. The average Bonchev–Trinajstić information content (AvgIpc) is 3.45. The Bertz CT molecular complexity index is 1410. The largest absolute Gasteiger partial charge is 0.497 e. The Morgan fingerprint density at radius 3 is 2.27 bits per heavy atom. The van der Waals surface area contributed by atoms with Gasteiger partial charge in [0.1, 0.15) is 10.8 Å². The summed E-state index contributed by atoms with van der Waals surface area (Å²) in [4.78, 5) is 27.8. The van der Waals surface area contributed by atoms with Gasteiger partial charge in [-0.2, -0.15) is 0 Å². The summed E-state index contributed by atoms with van der Waals surface area (Å²) < 4.78 is 15.9. The van der Waals surface area contributed by atoms with Crippen LogP contribution in [0.2, 0.25) is 0 Å². The topological polar surface area (TPSA) is 103 Å². The molecule has 0 aliphatic rings. The molecule has 0 aliphatic carbocycles. The third-order valence-electron chi connectivity index (χ3n) is 6.29. The number of ether oxygens (including phenoxy) is 3. The molecule has 9 nitrogen and oxygen atoms in total. The van der Waals surface area contributed by atoms with Gasteiger partial charge in [-0.25, -0.2) is 0 Å². The van der Waals surface area contributed by atoms with E-state index in [1.807, 2.05) is 72.8 Å². The van der Waals surface area contributed by atoms with Crippen LogP contribution in [0.5, 0.6) is 17.2 Å². The molecule has 1 aromatic heterocycles. The van der Waals surface area contributed by atoms with Crippen LogP contribution >= 0.6 is 11.3 Å². The molecule has 0 saturated heterocycles. The molecule has 4 rings (SSSR count). The van der Waals surface area contributed by atoms with Gasteiger partial charge in [-0.05, 0) is 53.9 Å². The predicted octanol–water partition coefficient (Wildman–Crippen LogP) is 4.87. The van der Waals surface area contributed by atoms with Crippen molar-refractivity contribution in [3.63, 3.8) is 0 Å². The molecule has 208 valence electrons. The predicted molar refractivity (Wildman–Crippen MR) is 155 cm³/mol. The monoisotopic (exact) mass is 560 g/mol. The van der Waals surface area contributed by atoms with E-state index in [4.69, 9.17) is 14.2 Å². The molecule has 0 atom stereocenters. The number of carbonyl (C=O) groups excluding carboxylic acids is 2. The standard InChI is InChI=1S/C30H32N4O5S/c1-37-24-12-10-23(11-13-24)29-32-33-30(40-29)31-27(35)16-18-34(28(36)20-21-7-5-4-6-8-21)17-15-22-9-14-25(38-2)26(19-22)39-3/h4-14,19H,15-18,20H2,1-3H3,(H,31,33,35). The maximum absolute atomic E-state index is 13.3. The van der Waals surface area contributed by atoms with Gasteiger partial charge in [0.15, 0.2) is 11.5 Å². The molecular weight excluding hydrogens is 528 g/mol. The number of hydrogen-bond acceptors (Lipinski definition) is 8. The number of rotatable bonds is 13. The van der Waals surface area contributed by atoms with Crippen molar-refractivity contribution in [3.05, 3.63) is 83.9 Å². The van der Waals surface area contributed by atoms with Gasteiger partial charge in [-0.15, -0.1) is 10.2 Å². The van der Waals surface area contributed by atoms with Crippen LogP contribution in [0.25, 0.3) is 10.6 Å². The number of nitrogens with one attached hydrogen (secondary N) is 1. The van der Waals surface area contributed by atoms with Crippen molar-refractivity contribution in [2.75, 3.05) is 39.7 Å². The Morgan fingerprint density at radius 2 is 1.57 bits per heavy atom. The molecule has 3 aromatic carbocycles. The van der Waals surface area contributed by atoms with E-state index in [9.17, 15) is 9.59 Å². The SMILES string of the molecule is COc1ccc(-c2nnc(NC(=O)CCN(CCc3ccc(OC)c(OC)c3)C(=O)Cc3ccccc3)s2)cc1. The highest BCUT2D eigenvalue weighted by Gasteiger charge is 2.17. The van der Waals surface area contributed by atoms with Crippen LogP contribution in [0, 0.1) is 0 Å². The second-order valence-electron chi connectivity index (χ2n) is 8.92. The molecule has 10 heteroatoms. The summed E-state index contributed by atoms with van der Waals surface area (Å²) in [5.41, 5.74) is 2.80. The maximum Gasteiger partial charge on any atom is 0.227 e. The van der Waals surface area contributed by atoms with Gasteiger partial charge < -0.3 is 24.4 Å². The normalized spacial score (nSPS) is 10.6. The van der Waals surface area contributed by atoms with Crippen LogP contribution in [0.15, 0.2) is 72.8 Å². The van der Waals surface area contributed by atoms with Crippen LogP contribution in [0.4, 0.5) is 5.13 Å². The Balaban J connectivity index is 1.38. The molecule has 0 saturated carbocycles. The van der Waals surface area contributed by atoms with E-state index in [1.54, 1.807) is 26.2 Å². The van der Waals surface area contributed by atoms with E-state index < -0.39 is 0 Å². The molecule has 0 aliphatic heterocycles. The summed E-state index contributed by atoms with van der Waals surface area (Å²) in [6.07, 6.45) is 0.990. The maximum atomic E-state index is 13.3. The van der Waals surface area contributed by atoms with E-state index in [1.165, 1.54) is 11.3 Å². The van der Waals surface area contributed by atoms with Gasteiger partial charge in [0.25, 0.3) is 0 Å². The molecule has 0 spiro atoms. The molecule has 0 bridgehead atoms. The average molecular weight is 561 g/mol. The zero-order chi connectivity index (χ0) is 28.3. The number of methoxy groups -OCH3 is 3.